The maximum absolute atomic E-state index is 11.7. The molecule has 0 aliphatic carbocycles. The molecule has 0 aliphatic heterocycles. The molecule has 3 nitrogen and oxygen atoms in total. The van der Waals surface area contributed by atoms with Crippen molar-refractivity contribution in [3.63, 3.8) is 0 Å². The Morgan fingerprint density at radius 2 is 2.12 bits per heavy atom. The number of carbonyl (C=O) groups is 1. The number of hydrogen-bond donors (Lipinski definition) is 1. The van der Waals surface area contributed by atoms with Gasteiger partial charge in [-0.1, -0.05) is 19.9 Å². The van der Waals surface area contributed by atoms with Crippen molar-refractivity contribution in [3.8, 4) is 5.75 Å². The van der Waals surface area contributed by atoms with Crippen LogP contribution in [0.1, 0.15) is 36.7 Å². The van der Waals surface area contributed by atoms with Crippen LogP contribution in [0.3, 0.4) is 0 Å². The van der Waals surface area contributed by atoms with E-state index >= 15 is 0 Å². The molecule has 0 atom stereocenters. The molecule has 0 amide bonds. The lowest BCUT2D eigenvalue weighted by Gasteiger charge is -2.08. The Morgan fingerprint density at radius 1 is 1.44 bits per heavy atom. The van der Waals surface area contributed by atoms with Gasteiger partial charge >= 0.3 is 0 Å². The first-order valence-corrected chi connectivity index (χ1v) is 5.50. The fourth-order valence-corrected chi connectivity index (χ4v) is 1.41. The molecule has 3 heteroatoms. The van der Waals surface area contributed by atoms with Crippen LogP contribution in [0.15, 0.2) is 18.2 Å². The molecule has 0 bridgehead atoms. The molecule has 0 radical (unpaired) electrons. The van der Waals surface area contributed by atoms with Crippen molar-refractivity contribution >= 4 is 5.78 Å². The average Bonchev–Trinajstić information content (AvgIpc) is 2.25. The van der Waals surface area contributed by atoms with E-state index in [0.717, 1.165) is 5.56 Å². The molecule has 1 rings (SSSR count). The molecule has 1 aromatic rings. The summed E-state index contributed by atoms with van der Waals surface area (Å²) in [6.45, 7) is 6.63. The molecule has 0 saturated heterocycles. The van der Waals surface area contributed by atoms with Gasteiger partial charge in [-0.25, -0.2) is 0 Å². The minimum absolute atomic E-state index is 0.0379. The number of rotatable bonds is 5. The predicted molar refractivity (Wildman–Crippen MR) is 62.6 cm³/mol. The zero-order valence-electron chi connectivity index (χ0n) is 9.99. The lowest BCUT2D eigenvalue weighted by Crippen LogP contribution is -2.07. The molecule has 0 unspecified atom stereocenters. The van der Waals surface area contributed by atoms with Crippen molar-refractivity contribution in [3.05, 3.63) is 29.3 Å². The van der Waals surface area contributed by atoms with E-state index in [2.05, 4.69) is 0 Å². The summed E-state index contributed by atoms with van der Waals surface area (Å²) in [4.78, 5) is 11.7. The summed E-state index contributed by atoms with van der Waals surface area (Å²) in [5.74, 6) is -0.111. The van der Waals surface area contributed by atoms with Crippen LogP contribution in [-0.2, 0) is 11.3 Å². The number of ether oxygens (including phenoxy) is 1. The van der Waals surface area contributed by atoms with Crippen molar-refractivity contribution < 1.29 is 14.6 Å². The lowest BCUT2D eigenvalue weighted by atomic mass is 9.99. The van der Waals surface area contributed by atoms with Gasteiger partial charge in [0.1, 0.15) is 5.75 Å². The number of benzene rings is 1. The molecule has 88 valence electrons. The first kappa shape index (κ1) is 12.7. The van der Waals surface area contributed by atoms with Crippen LogP contribution in [0.25, 0.3) is 0 Å². The standard InChI is InChI=1S/C13H18O3/c1-4-16-8-10-5-6-11(12(14)7-10)13(15)9(2)3/h5-7,9,14H,4,8H2,1-3H3. The topological polar surface area (TPSA) is 46.5 Å². The molecule has 1 N–H and O–H groups in total. The third-order valence-corrected chi connectivity index (χ3v) is 2.32. The molecule has 0 heterocycles. The highest BCUT2D eigenvalue weighted by molar-refractivity contribution is 5.99. The average molecular weight is 222 g/mol. The molecule has 0 spiro atoms. The number of phenolic OH excluding ortho intramolecular Hbond substituents is 1. The fraction of sp³-hybridized carbons (Fsp3) is 0.462. The van der Waals surface area contributed by atoms with Crippen LogP contribution >= 0.6 is 0 Å². The Balaban J connectivity index is 2.87. The Labute approximate surface area is 96.1 Å². The largest absolute Gasteiger partial charge is 0.507 e. The van der Waals surface area contributed by atoms with Crippen LogP contribution in [0.2, 0.25) is 0 Å². The number of aromatic hydroxyl groups is 1. The van der Waals surface area contributed by atoms with Gasteiger partial charge in [0.05, 0.1) is 12.2 Å². The Bertz CT molecular complexity index is 369. The highest BCUT2D eigenvalue weighted by Gasteiger charge is 2.14. The highest BCUT2D eigenvalue weighted by atomic mass is 16.5. The van der Waals surface area contributed by atoms with Crippen molar-refractivity contribution in [1.29, 1.82) is 0 Å². The van der Waals surface area contributed by atoms with Gasteiger partial charge in [-0.2, -0.15) is 0 Å². The summed E-state index contributed by atoms with van der Waals surface area (Å²) >= 11 is 0. The smallest absolute Gasteiger partial charge is 0.169 e. The summed E-state index contributed by atoms with van der Waals surface area (Å²) in [7, 11) is 0. The molecule has 16 heavy (non-hydrogen) atoms. The zero-order valence-corrected chi connectivity index (χ0v) is 9.99. The van der Waals surface area contributed by atoms with Gasteiger partial charge in [-0.15, -0.1) is 0 Å². The van der Waals surface area contributed by atoms with E-state index in [1.165, 1.54) is 0 Å². The summed E-state index contributed by atoms with van der Waals surface area (Å²) in [5, 5.41) is 9.73. The highest BCUT2D eigenvalue weighted by Crippen LogP contribution is 2.22. The minimum Gasteiger partial charge on any atom is -0.507 e. The van der Waals surface area contributed by atoms with E-state index < -0.39 is 0 Å². The van der Waals surface area contributed by atoms with E-state index in [-0.39, 0.29) is 17.5 Å². The second kappa shape index (κ2) is 5.66. The van der Waals surface area contributed by atoms with E-state index in [4.69, 9.17) is 4.74 Å². The monoisotopic (exact) mass is 222 g/mol. The van der Waals surface area contributed by atoms with Crippen LogP contribution in [-0.4, -0.2) is 17.5 Å². The fourth-order valence-electron chi connectivity index (χ4n) is 1.41. The van der Waals surface area contributed by atoms with Gasteiger partial charge in [-0.3, -0.25) is 4.79 Å². The van der Waals surface area contributed by atoms with E-state index in [1.807, 2.05) is 26.8 Å². The summed E-state index contributed by atoms with van der Waals surface area (Å²) in [6.07, 6.45) is 0. The van der Waals surface area contributed by atoms with Crippen molar-refractivity contribution in [2.24, 2.45) is 5.92 Å². The van der Waals surface area contributed by atoms with Crippen LogP contribution in [0.5, 0.6) is 5.75 Å². The van der Waals surface area contributed by atoms with Crippen LogP contribution in [0.4, 0.5) is 0 Å². The van der Waals surface area contributed by atoms with Crippen LogP contribution in [0, 0.1) is 5.92 Å². The molecular formula is C13H18O3. The third kappa shape index (κ3) is 3.07. The molecule has 0 fully saturated rings. The normalized spacial score (nSPS) is 10.8. The predicted octanol–water partition coefficient (Wildman–Crippen LogP) is 2.77. The van der Waals surface area contributed by atoms with Gasteiger partial charge in [0, 0.05) is 12.5 Å². The molecule has 0 aliphatic rings. The Hall–Kier alpha value is -1.35. The van der Waals surface area contributed by atoms with E-state index in [9.17, 15) is 9.90 Å². The Kier molecular flexibility index (Phi) is 4.50. The summed E-state index contributed by atoms with van der Waals surface area (Å²) < 4.78 is 5.23. The second-order valence-electron chi connectivity index (χ2n) is 4.01. The van der Waals surface area contributed by atoms with Gasteiger partial charge in [0.25, 0.3) is 0 Å². The molecule has 0 aromatic heterocycles. The number of carbonyl (C=O) groups excluding carboxylic acids is 1. The van der Waals surface area contributed by atoms with Gasteiger partial charge in [-0.05, 0) is 24.6 Å². The molecule has 1 aromatic carbocycles. The summed E-state index contributed by atoms with van der Waals surface area (Å²) in [5.41, 5.74) is 1.26. The summed E-state index contributed by atoms with van der Waals surface area (Å²) in [6, 6.07) is 5.06. The lowest BCUT2D eigenvalue weighted by molar-refractivity contribution is 0.0936. The first-order valence-electron chi connectivity index (χ1n) is 5.50. The number of Topliss-reactive ketones (excluding diaryl/α,β-unsaturated/α-hetero) is 1. The van der Waals surface area contributed by atoms with Gasteiger partial charge < -0.3 is 9.84 Å². The van der Waals surface area contributed by atoms with Crippen molar-refractivity contribution in [2.45, 2.75) is 27.4 Å². The van der Waals surface area contributed by atoms with E-state index in [1.54, 1.807) is 12.1 Å². The number of ketones is 1. The number of hydrogen-bond acceptors (Lipinski definition) is 3. The van der Waals surface area contributed by atoms with Crippen LogP contribution < -0.4 is 0 Å². The minimum atomic E-state index is -0.108. The van der Waals surface area contributed by atoms with Gasteiger partial charge in [0.15, 0.2) is 5.78 Å². The quantitative estimate of drug-likeness (QED) is 0.779. The third-order valence-electron chi connectivity index (χ3n) is 2.32. The van der Waals surface area contributed by atoms with Gasteiger partial charge in [0.2, 0.25) is 0 Å². The van der Waals surface area contributed by atoms with E-state index in [0.29, 0.717) is 18.8 Å². The second-order valence-corrected chi connectivity index (χ2v) is 4.01. The zero-order chi connectivity index (χ0) is 12.1. The molecule has 0 saturated carbocycles. The van der Waals surface area contributed by atoms with Crippen molar-refractivity contribution in [2.75, 3.05) is 6.61 Å². The Morgan fingerprint density at radius 3 is 2.62 bits per heavy atom. The SMILES string of the molecule is CCOCc1ccc(C(=O)C(C)C)c(O)c1. The van der Waals surface area contributed by atoms with Crippen molar-refractivity contribution in [1.82, 2.24) is 0 Å². The maximum atomic E-state index is 11.7. The first-order chi connectivity index (χ1) is 7.56. The maximum Gasteiger partial charge on any atom is 0.169 e. The molecular weight excluding hydrogens is 204 g/mol. The number of phenols is 1.